The monoisotopic (exact) mass is 368 g/mol. The molecule has 1 aromatic carbocycles. The van der Waals surface area contributed by atoms with Crippen LogP contribution in [0.5, 0.6) is 0 Å². The summed E-state index contributed by atoms with van der Waals surface area (Å²) in [7, 11) is 0. The van der Waals surface area contributed by atoms with Crippen LogP contribution < -0.4 is 4.90 Å². The molecule has 5 nitrogen and oxygen atoms in total. The first-order chi connectivity index (χ1) is 13.0. The Kier molecular flexibility index (Phi) is 7.77. The fourth-order valence-corrected chi connectivity index (χ4v) is 3.13. The highest BCUT2D eigenvalue weighted by Gasteiger charge is 2.20. The van der Waals surface area contributed by atoms with Gasteiger partial charge in [0.05, 0.1) is 0 Å². The maximum atomic E-state index is 13.0. The highest BCUT2D eigenvalue weighted by atomic mass is 16.2. The van der Waals surface area contributed by atoms with Gasteiger partial charge in [0.1, 0.15) is 17.3 Å². The van der Waals surface area contributed by atoms with E-state index < -0.39 is 0 Å². The summed E-state index contributed by atoms with van der Waals surface area (Å²) >= 11 is 0. The average molecular weight is 369 g/mol. The number of amides is 1. The second-order valence-electron chi connectivity index (χ2n) is 7.16. The lowest BCUT2D eigenvalue weighted by Gasteiger charge is -2.29. The summed E-state index contributed by atoms with van der Waals surface area (Å²) in [6, 6.07) is 12.4. The molecule has 0 fully saturated rings. The van der Waals surface area contributed by atoms with E-state index in [-0.39, 0.29) is 11.9 Å². The number of aromatic nitrogens is 2. The lowest BCUT2D eigenvalue weighted by Crippen LogP contribution is -2.34. The van der Waals surface area contributed by atoms with Crippen LogP contribution in [0.3, 0.4) is 0 Å². The van der Waals surface area contributed by atoms with Gasteiger partial charge in [-0.05, 0) is 39.2 Å². The number of carbonyl (C=O) groups excluding carboxylic acids is 1. The van der Waals surface area contributed by atoms with E-state index in [1.807, 2.05) is 36.1 Å². The van der Waals surface area contributed by atoms with E-state index in [4.69, 9.17) is 0 Å². The summed E-state index contributed by atoms with van der Waals surface area (Å²) < 4.78 is 0. The zero-order chi connectivity index (χ0) is 19.8. The molecule has 0 unspecified atom stereocenters. The van der Waals surface area contributed by atoms with E-state index in [9.17, 15) is 4.79 Å². The van der Waals surface area contributed by atoms with Crippen molar-refractivity contribution in [2.45, 2.75) is 60.0 Å². The van der Waals surface area contributed by atoms with Crippen LogP contribution in [-0.2, 0) is 6.54 Å². The molecule has 1 aromatic heterocycles. The Morgan fingerprint density at radius 2 is 1.67 bits per heavy atom. The van der Waals surface area contributed by atoms with E-state index in [0.29, 0.717) is 11.5 Å². The predicted octanol–water partition coefficient (Wildman–Crippen LogP) is 4.46. The third-order valence-corrected chi connectivity index (χ3v) is 4.43. The molecule has 0 N–H and O–H groups in total. The molecular formula is C22H32N4O. The summed E-state index contributed by atoms with van der Waals surface area (Å²) in [5, 5.41) is 0. The SMILES string of the molecule is CCCN(CCC)C(=O)c1cc(N(Cc2ccccc2)C(C)C)nc(C)n1. The number of benzene rings is 1. The van der Waals surface area contributed by atoms with Crippen molar-refractivity contribution in [2.24, 2.45) is 0 Å². The van der Waals surface area contributed by atoms with E-state index in [1.165, 1.54) is 5.56 Å². The Morgan fingerprint density at radius 1 is 1.04 bits per heavy atom. The van der Waals surface area contributed by atoms with Crippen molar-refractivity contribution in [3.63, 3.8) is 0 Å². The summed E-state index contributed by atoms with van der Waals surface area (Å²) in [6.07, 6.45) is 1.88. The van der Waals surface area contributed by atoms with Gasteiger partial charge in [-0.25, -0.2) is 9.97 Å². The topological polar surface area (TPSA) is 49.3 Å². The number of anilines is 1. The van der Waals surface area contributed by atoms with Gasteiger partial charge in [-0.1, -0.05) is 44.2 Å². The fourth-order valence-electron chi connectivity index (χ4n) is 3.13. The number of nitrogens with zero attached hydrogens (tertiary/aromatic N) is 4. The van der Waals surface area contributed by atoms with E-state index >= 15 is 0 Å². The molecular weight excluding hydrogens is 336 g/mol. The molecule has 146 valence electrons. The molecule has 1 amide bonds. The Labute approximate surface area is 163 Å². The summed E-state index contributed by atoms with van der Waals surface area (Å²) in [5.74, 6) is 1.43. The Morgan fingerprint density at radius 3 is 2.22 bits per heavy atom. The van der Waals surface area contributed by atoms with Crippen LogP contribution in [-0.4, -0.2) is 39.9 Å². The first-order valence-electron chi connectivity index (χ1n) is 9.91. The van der Waals surface area contributed by atoms with Gasteiger partial charge in [0.25, 0.3) is 5.91 Å². The lowest BCUT2D eigenvalue weighted by atomic mass is 10.2. The van der Waals surface area contributed by atoms with Gasteiger partial charge in [-0.15, -0.1) is 0 Å². The standard InChI is InChI=1S/C22H32N4O/c1-6-13-25(14-7-2)22(27)20-15-21(24-18(5)23-20)26(17(3)4)16-19-11-9-8-10-12-19/h8-12,15,17H,6-7,13-14,16H2,1-5H3. The molecule has 0 aliphatic rings. The maximum Gasteiger partial charge on any atom is 0.272 e. The zero-order valence-corrected chi connectivity index (χ0v) is 17.3. The minimum Gasteiger partial charge on any atom is -0.350 e. The molecule has 0 atom stereocenters. The fraction of sp³-hybridized carbons (Fsp3) is 0.500. The molecule has 0 bridgehead atoms. The largest absolute Gasteiger partial charge is 0.350 e. The molecule has 1 heterocycles. The van der Waals surface area contributed by atoms with Crippen LogP contribution in [0.15, 0.2) is 36.4 Å². The van der Waals surface area contributed by atoms with Crippen molar-refractivity contribution in [2.75, 3.05) is 18.0 Å². The van der Waals surface area contributed by atoms with E-state index in [2.05, 4.69) is 54.7 Å². The van der Waals surface area contributed by atoms with Crippen molar-refractivity contribution in [1.82, 2.24) is 14.9 Å². The van der Waals surface area contributed by atoms with Crippen molar-refractivity contribution < 1.29 is 4.79 Å². The number of hydrogen-bond acceptors (Lipinski definition) is 4. The summed E-state index contributed by atoms with van der Waals surface area (Å²) in [5.41, 5.74) is 1.70. The molecule has 0 aliphatic carbocycles. The smallest absolute Gasteiger partial charge is 0.272 e. The molecule has 0 spiro atoms. The zero-order valence-electron chi connectivity index (χ0n) is 17.3. The molecule has 5 heteroatoms. The van der Waals surface area contributed by atoms with Crippen LogP contribution in [0.25, 0.3) is 0 Å². The lowest BCUT2D eigenvalue weighted by molar-refractivity contribution is 0.0749. The molecule has 27 heavy (non-hydrogen) atoms. The second-order valence-corrected chi connectivity index (χ2v) is 7.16. The van der Waals surface area contributed by atoms with Crippen LogP contribution >= 0.6 is 0 Å². The van der Waals surface area contributed by atoms with Crippen LogP contribution in [0.2, 0.25) is 0 Å². The van der Waals surface area contributed by atoms with Crippen LogP contribution in [0.4, 0.5) is 5.82 Å². The number of aryl methyl sites for hydroxylation is 1. The van der Waals surface area contributed by atoms with Gasteiger partial charge in [0.15, 0.2) is 0 Å². The molecule has 2 rings (SSSR count). The van der Waals surface area contributed by atoms with Crippen molar-refractivity contribution in [3.05, 3.63) is 53.5 Å². The maximum absolute atomic E-state index is 13.0. The van der Waals surface area contributed by atoms with E-state index in [1.54, 1.807) is 0 Å². The van der Waals surface area contributed by atoms with Gasteiger partial charge in [-0.2, -0.15) is 0 Å². The number of rotatable bonds is 9. The Hall–Kier alpha value is -2.43. The normalized spacial score (nSPS) is 10.9. The number of hydrogen-bond donors (Lipinski definition) is 0. The summed E-state index contributed by atoms with van der Waals surface area (Å²) in [4.78, 5) is 26.2. The summed E-state index contributed by atoms with van der Waals surface area (Å²) in [6.45, 7) is 12.6. The van der Waals surface area contributed by atoms with Gasteiger partial charge in [-0.3, -0.25) is 4.79 Å². The first-order valence-corrected chi connectivity index (χ1v) is 9.91. The Balaban J connectivity index is 2.34. The number of carbonyl (C=O) groups is 1. The van der Waals surface area contributed by atoms with E-state index in [0.717, 1.165) is 38.3 Å². The third kappa shape index (κ3) is 5.78. The highest BCUT2D eigenvalue weighted by Crippen LogP contribution is 2.20. The van der Waals surface area contributed by atoms with Crippen LogP contribution in [0, 0.1) is 6.92 Å². The van der Waals surface area contributed by atoms with Crippen molar-refractivity contribution in [1.29, 1.82) is 0 Å². The highest BCUT2D eigenvalue weighted by molar-refractivity contribution is 5.93. The molecule has 0 saturated carbocycles. The minimum atomic E-state index is -0.00568. The Bertz CT molecular complexity index is 724. The molecule has 0 aliphatic heterocycles. The minimum absolute atomic E-state index is 0.00568. The van der Waals surface area contributed by atoms with Crippen LogP contribution in [0.1, 0.15) is 62.4 Å². The average Bonchev–Trinajstić information content (AvgIpc) is 2.65. The van der Waals surface area contributed by atoms with Gasteiger partial charge in [0.2, 0.25) is 0 Å². The van der Waals surface area contributed by atoms with Crippen molar-refractivity contribution >= 4 is 11.7 Å². The second kappa shape index (κ2) is 10.0. The predicted molar refractivity (Wildman–Crippen MR) is 111 cm³/mol. The first kappa shape index (κ1) is 20.9. The third-order valence-electron chi connectivity index (χ3n) is 4.43. The van der Waals surface area contributed by atoms with Crippen molar-refractivity contribution in [3.8, 4) is 0 Å². The quantitative estimate of drug-likeness (QED) is 0.655. The molecule has 0 radical (unpaired) electrons. The molecule has 2 aromatic rings. The van der Waals surface area contributed by atoms with Gasteiger partial charge in [0, 0.05) is 31.7 Å². The van der Waals surface area contributed by atoms with Gasteiger partial charge >= 0.3 is 0 Å². The molecule has 0 saturated heterocycles. The van der Waals surface area contributed by atoms with Gasteiger partial charge < -0.3 is 9.80 Å².